The summed E-state index contributed by atoms with van der Waals surface area (Å²) in [6.45, 7) is 4.10. The van der Waals surface area contributed by atoms with Gasteiger partial charge in [0.25, 0.3) is 0 Å². The van der Waals surface area contributed by atoms with E-state index >= 15 is 0 Å². The third-order valence-electron chi connectivity index (χ3n) is 3.48. The number of carbonyl (C=O) groups excluding carboxylic acids is 2. The van der Waals surface area contributed by atoms with Crippen LogP contribution in [0.4, 0.5) is 5.69 Å². The first-order chi connectivity index (χ1) is 11.0. The monoisotopic (exact) mass is 332 g/mol. The maximum absolute atomic E-state index is 12.0. The molecule has 2 aromatic rings. The molecular weight excluding hydrogens is 312 g/mol. The number of thiophene rings is 1. The van der Waals surface area contributed by atoms with Crippen LogP contribution in [-0.2, 0) is 14.3 Å². The summed E-state index contributed by atoms with van der Waals surface area (Å²) in [7, 11) is 1.57. The van der Waals surface area contributed by atoms with Crippen molar-refractivity contribution in [1.82, 2.24) is 5.32 Å². The maximum atomic E-state index is 12.0. The number of hydrogen-bond acceptors (Lipinski definition) is 4. The quantitative estimate of drug-likeness (QED) is 0.827. The van der Waals surface area contributed by atoms with E-state index in [2.05, 4.69) is 10.6 Å². The summed E-state index contributed by atoms with van der Waals surface area (Å²) in [6, 6.07) is 7.56. The highest BCUT2D eigenvalue weighted by Crippen LogP contribution is 2.19. The van der Waals surface area contributed by atoms with E-state index in [0.29, 0.717) is 5.69 Å². The molecule has 0 aliphatic carbocycles. The Morgan fingerprint density at radius 3 is 2.61 bits per heavy atom. The predicted molar refractivity (Wildman–Crippen MR) is 91.6 cm³/mol. The number of nitrogens with one attached hydrogen (secondary N) is 2. The molecule has 5 nitrogen and oxygen atoms in total. The lowest BCUT2D eigenvalue weighted by Crippen LogP contribution is -2.38. The van der Waals surface area contributed by atoms with Crippen LogP contribution in [0.25, 0.3) is 0 Å². The van der Waals surface area contributed by atoms with Gasteiger partial charge in [-0.15, -0.1) is 0 Å². The summed E-state index contributed by atoms with van der Waals surface area (Å²) in [4.78, 5) is 23.9. The number of amides is 2. The second-order valence-electron chi connectivity index (χ2n) is 5.26. The second-order valence-corrected chi connectivity index (χ2v) is 6.04. The van der Waals surface area contributed by atoms with Gasteiger partial charge in [0, 0.05) is 19.3 Å². The first-order valence-corrected chi connectivity index (χ1v) is 8.17. The molecule has 1 aromatic carbocycles. The highest BCUT2D eigenvalue weighted by molar-refractivity contribution is 7.07. The van der Waals surface area contributed by atoms with Gasteiger partial charge in [0.2, 0.25) is 0 Å². The number of aryl methyl sites for hydroxylation is 2. The van der Waals surface area contributed by atoms with Gasteiger partial charge in [-0.2, -0.15) is 11.3 Å². The van der Waals surface area contributed by atoms with Gasteiger partial charge in [-0.3, -0.25) is 9.59 Å². The van der Waals surface area contributed by atoms with Crippen molar-refractivity contribution in [2.24, 2.45) is 0 Å². The summed E-state index contributed by atoms with van der Waals surface area (Å²) < 4.78 is 5.34. The molecule has 1 aromatic heterocycles. The summed E-state index contributed by atoms with van der Waals surface area (Å²) in [5, 5.41) is 9.12. The number of benzene rings is 1. The molecule has 2 N–H and O–H groups in total. The Morgan fingerprint density at radius 2 is 2.00 bits per heavy atom. The highest BCUT2D eigenvalue weighted by atomic mass is 32.1. The Hall–Kier alpha value is -2.18. The molecule has 122 valence electrons. The van der Waals surface area contributed by atoms with Gasteiger partial charge in [-0.1, -0.05) is 17.7 Å². The summed E-state index contributed by atoms with van der Waals surface area (Å²) >= 11 is 1.56. The number of anilines is 1. The van der Waals surface area contributed by atoms with Crippen LogP contribution in [-0.4, -0.2) is 25.5 Å². The maximum Gasteiger partial charge on any atom is 0.313 e. The van der Waals surface area contributed by atoms with Crippen LogP contribution in [0.15, 0.2) is 35.0 Å². The zero-order chi connectivity index (χ0) is 16.8. The molecule has 23 heavy (non-hydrogen) atoms. The third kappa shape index (κ3) is 4.64. The van der Waals surface area contributed by atoms with Gasteiger partial charge in [0.05, 0.1) is 0 Å². The predicted octanol–water partition coefficient (Wildman–Crippen LogP) is 2.81. The van der Waals surface area contributed by atoms with Crippen molar-refractivity contribution in [3.05, 3.63) is 51.7 Å². The van der Waals surface area contributed by atoms with Gasteiger partial charge in [-0.25, -0.2) is 0 Å². The van der Waals surface area contributed by atoms with E-state index in [4.69, 9.17) is 4.74 Å². The van der Waals surface area contributed by atoms with Crippen LogP contribution in [0.2, 0.25) is 0 Å². The van der Waals surface area contributed by atoms with Crippen molar-refractivity contribution >= 4 is 28.8 Å². The molecule has 1 heterocycles. The van der Waals surface area contributed by atoms with Crippen LogP contribution in [0.5, 0.6) is 0 Å². The van der Waals surface area contributed by atoms with Gasteiger partial charge in [0.1, 0.15) is 6.10 Å². The number of ether oxygens (including phenoxy) is 1. The molecule has 0 saturated heterocycles. The summed E-state index contributed by atoms with van der Waals surface area (Å²) in [6.07, 6.45) is -0.265. The number of hydrogen-bond donors (Lipinski definition) is 2. The Balaban J connectivity index is 1.91. The molecule has 0 saturated carbocycles. The molecule has 2 rings (SSSR count). The molecule has 1 unspecified atom stereocenters. The Kier molecular flexibility index (Phi) is 5.90. The molecule has 1 atom stereocenters. The normalized spacial score (nSPS) is 11.8. The minimum Gasteiger partial charge on any atom is -0.375 e. The minimum absolute atomic E-state index is 0.242. The molecule has 2 amide bonds. The number of rotatable bonds is 5. The molecule has 0 aliphatic rings. The van der Waals surface area contributed by atoms with Crippen molar-refractivity contribution < 1.29 is 14.3 Å². The van der Waals surface area contributed by atoms with Crippen molar-refractivity contribution in [2.75, 3.05) is 19.0 Å². The average molecular weight is 332 g/mol. The molecule has 0 spiro atoms. The van der Waals surface area contributed by atoms with Crippen molar-refractivity contribution in [3.8, 4) is 0 Å². The second kappa shape index (κ2) is 7.89. The fourth-order valence-electron chi connectivity index (χ4n) is 2.19. The first kappa shape index (κ1) is 17.2. The average Bonchev–Trinajstić information content (AvgIpc) is 3.04. The Bertz CT molecular complexity index is 683. The first-order valence-electron chi connectivity index (χ1n) is 7.22. The zero-order valence-electron chi connectivity index (χ0n) is 13.4. The molecule has 0 bridgehead atoms. The van der Waals surface area contributed by atoms with E-state index in [1.165, 1.54) is 0 Å². The molecular formula is C17H20N2O3S. The van der Waals surface area contributed by atoms with Gasteiger partial charge < -0.3 is 15.4 Å². The SMILES string of the molecule is COC(CNC(=O)C(=O)Nc1ccc(C)cc1C)c1ccsc1. The smallest absolute Gasteiger partial charge is 0.313 e. The standard InChI is InChI=1S/C17H20N2O3S/c1-11-4-5-14(12(2)8-11)19-17(21)16(20)18-9-15(22-3)13-6-7-23-10-13/h4-8,10,15H,9H2,1-3H3,(H,18,20)(H,19,21). The fraction of sp³-hybridized carbons (Fsp3) is 0.294. The topological polar surface area (TPSA) is 67.4 Å². The van der Waals surface area contributed by atoms with Gasteiger partial charge >= 0.3 is 11.8 Å². The van der Waals surface area contributed by atoms with Crippen LogP contribution in [0.1, 0.15) is 22.8 Å². The zero-order valence-corrected chi connectivity index (χ0v) is 14.2. The molecule has 0 fully saturated rings. The van der Waals surface area contributed by atoms with Crippen molar-refractivity contribution in [2.45, 2.75) is 20.0 Å². The lowest BCUT2D eigenvalue weighted by molar-refractivity contribution is -0.136. The van der Waals surface area contributed by atoms with E-state index in [1.54, 1.807) is 24.5 Å². The molecule has 0 aliphatic heterocycles. The Morgan fingerprint density at radius 1 is 1.22 bits per heavy atom. The summed E-state index contributed by atoms with van der Waals surface area (Å²) in [5.74, 6) is -1.36. The largest absolute Gasteiger partial charge is 0.375 e. The lowest BCUT2D eigenvalue weighted by atomic mass is 10.1. The van der Waals surface area contributed by atoms with E-state index in [0.717, 1.165) is 16.7 Å². The van der Waals surface area contributed by atoms with Crippen LogP contribution in [0.3, 0.4) is 0 Å². The number of methoxy groups -OCH3 is 1. The highest BCUT2D eigenvalue weighted by Gasteiger charge is 2.17. The minimum atomic E-state index is -0.683. The van der Waals surface area contributed by atoms with Crippen molar-refractivity contribution in [3.63, 3.8) is 0 Å². The van der Waals surface area contributed by atoms with E-state index in [9.17, 15) is 9.59 Å². The van der Waals surface area contributed by atoms with Crippen LogP contribution < -0.4 is 10.6 Å². The van der Waals surface area contributed by atoms with E-state index in [-0.39, 0.29) is 12.6 Å². The lowest BCUT2D eigenvalue weighted by Gasteiger charge is -2.15. The van der Waals surface area contributed by atoms with Crippen LogP contribution in [0, 0.1) is 13.8 Å². The fourth-order valence-corrected chi connectivity index (χ4v) is 2.90. The van der Waals surface area contributed by atoms with E-state index in [1.807, 2.05) is 42.8 Å². The third-order valence-corrected chi connectivity index (χ3v) is 4.19. The summed E-state index contributed by atoms with van der Waals surface area (Å²) in [5.41, 5.74) is 3.63. The molecule has 0 radical (unpaired) electrons. The Labute approximate surface area is 139 Å². The number of carbonyl (C=O) groups is 2. The van der Waals surface area contributed by atoms with Gasteiger partial charge in [-0.05, 0) is 47.9 Å². The van der Waals surface area contributed by atoms with Crippen LogP contribution >= 0.6 is 11.3 Å². The van der Waals surface area contributed by atoms with E-state index < -0.39 is 11.8 Å². The van der Waals surface area contributed by atoms with Gasteiger partial charge in [0.15, 0.2) is 0 Å². The van der Waals surface area contributed by atoms with Crippen molar-refractivity contribution in [1.29, 1.82) is 0 Å². The molecule has 6 heteroatoms.